The highest BCUT2D eigenvalue weighted by molar-refractivity contribution is 5.88. The first-order valence-electron chi connectivity index (χ1n) is 5.83. The topological polar surface area (TPSA) is 66.4 Å². The zero-order chi connectivity index (χ0) is 11.6. The fraction of sp³-hybridized carbons (Fsp3) is 0.667. The van der Waals surface area contributed by atoms with E-state index in [-0.39, 0.29) is 5.91 Å². The van der Waals surface area contributed by atoms with E-state index in [0.29, 0.717) is 25.2 Å². The molecule has 0 heterocycles. The normalized spacial score (nSPS) is 26.1. The first kappa shape index (κ1) is 11.2. The molecule has 1 saturated carbocycles. The monoisotopic (exact) mass is 223 g/mol. The smallest absolute Gasteiger partial charge is 0.329 e. The third-order valence-corrected chi connectivity index (χ3v) is 3.56. The molecule has 0 aromatic rings. The van der Waals surface area contributed by atoms with Crippen LogP contribution < -0.4 is 5.32 Å². The first-order valence-corrected chi connectivity index (χ1v) is 5.83. The van der Waals surface area contributed by atoms with Crippen LogP contribution in [-0.2, 0) is 9.59 Å². The van der Waals surface area contributed by atoms with Crippen LogP contribution in [0.4, 0.5) is 0 Å². The van der Waals surface area contributed by atoms with Crippen molar-refractivity contribution in [1.29, 1.82) is 0 Å². The lowest BCUT2D eigenvalue weighted by Gasteiger charge is -2.38. The number of amides is 1. The summed E-state index contributed by atoms with van der Waals surface area (Å²) in [6.45, 7) is 0. The number of aliphatic carboxylic acids is 1. The van der Waals surface area contributed by atoms with Gasteiger partial charge in [-0.25, -0.2) is 4.79 Å². The summed E-state index contributed by atoms with van der Waals surface area (Å²) >= 11 is 0. The Balaban J connectivity index is 1.86. The largest absolute Gasteiger partial charge is 0.480 e. The van der Waals surface area contributed by atoms with Crippen molar-refractivity contribution in [3.63, 3.8) is 0 Å². The molecule has 0 aromatic carbocycles. The minimum absolute atomic E-state index is 0.126. The molecule has 2 N–H and O–H groups in total. The Morgan fingerprint density at radius 3 is 2.62 bits per heavy atom. The number of hydrogen-bond acceptors (Lipinski definition) is 2. The van der Waals surface area contributed by atoms with Crippen molar-refractivity contribution < 1.29 is 14.7 Å². The molecule has 1 atom stereocenters. The third-order valence-electron chi connectivity index (χ3n) is 3.56. The van der Waals surface area contributed by atoms with Crippen LogP contribution in [0.25, 0.3) is 0 Å². The molecule has 0 aromatic heterocycles. The van der Waals surface area contributed by atoms with Gasteiger partial charge in [0.2, 0.25) is 5.91 Å². The minimum Gasteiger partial charge on any atom is -0.480 e. The Labute approximate surface area is 94.7 Å². The number of carbonyl (C=O) groups excluding carboxylic acids is 1. The van der Waals surface area contributed by atoms with Crippen LogP contribution in [0.3, 0.4) is 0 Å². The Morgan fingerprint density at radius 2 is 2.19 bits per heavy atom. The molecule has 0 bridgehead atoms. The molecule has 1 amide bonds. The molecule has 2 aliphatic carbocycles. The van der Waals surface area contributed by atoms with Gasteiger partial charge in [-0.1, -0.05) is 12.2 Å². The van der Waals surface area contributed by atoms with Gasteiger partial charge in [-0.3, -0.25) is 4.79 Å². The molecule has 16 heavy (non-hydrogen) atoms. The second-order valence-electron chi connectivity index (χ2n) is 4.76. The third kappa shape index (κ3) is 2.10. The fourth-order valence-electron chi connectivity index (χ4n) is 2.34. The van der Waals surface area contributed by atoms with Gasteiger partial charge in [-0.2, -0.15) is 0 Å². The van der Waals surface area contributed by atoms with E-state index in [4.69, 9.17) is 5.11 Å². The summed E-state index contributed by atoms with van der Waals surface area (Å²) in [6, 6.07) is 0. The van der Waals surface area contributed by atoms with Crippen LogP contribution in [0, 0.1) is 5.92 Å². The molecular formula is C12H17NO3. The summed E-state index contributed by atoms with van der Waals surface area (Å²) in [5, 5.41) is 11.7. The average Bonchev–Trinajstić information content (AvgIpc) is 2.63. The highest BCUT2D eigenvalue weighted by Gasteiger charge is 2.45. The Morgan fingerprint density at radius 1 is 1.44 bits per heavy atom. The number of carboxylic acids is 1. The van der Waals surface area contributed by atoms with Crippen molar-refractivity contribution in [3.05, 3.63) is 12.2 Å². The van der Waals surface area contributed by atoms with Gasteiger partial charge < -0.3 is 10.4 Å². The summed E-state index contributed by atoms with van der Waals surface area (Å²) in [5.41, 5.74) is -0.959. The quantitative estimate of drug-likeness (QED) is 0.709. The maximum Gasteiger partial charge on any atom is 0.329 e. The van der Waals surface area contributed by atoms with Crippen LogP contribution in [0.1, 0.15) is 38.5 Å². The average molecular weight is 223 g/mol. The van der Waals surface area contributed by atoms with Gasteiger partial charge in [0.25, 0.3) is 0 Å². The van der Waals surface area contributed by atoms with Gasteiger partial charge in [0.15, 0.2) is 0 Å². The van der Waals surface area contributed by atoms with Gasteiger partial charge in [0, 0.05) is 6.42 Å². The standard InChI is InChI=1S/C12H17NO3/c14-10(8-9-4-1-2-5-9)13-12(11(15)16)6-3-7-12/h1,4,9H,2-3,5-8H2,(H,13,14)(H,15,16). The van der Waals surface area contributed by atoms with Crippen molar-refractivity contribution >= 4 is 11.9 Å². The first-order chi connectivity index (χ1) is 7.62. The van der Waals surface area contributed by atoms with E-state index in [1.807, 2.05) is 6.08 Å². The van der Waals surface area contributed by atoms with Gasteiger partial charge in [0.1, 0.15) is 5.54 Å². The van der Waals surface area contributed by atoms with E-state index >= 15 is 0 Å². The lowest BCUT2D eigenvalue weighted by Crippen LogP contribution is -2.59. The van der Waals surface area contributed by atoms with E-state index in [1.54, 1.807) is 0 Å². The van der Waals surface area contributed by atoms with Gasteiger partial charge in [-0.15, -0.1) is 0 Å². The number of carbonyl (C=O) groups is 2. The zero-order valence-electron chi connectivity index (χ0n) is 9.24. The van der Waals surface area contributed by atoms with E-state index in [1.165, 1.54) is 0 Å². The maximum absolute atomic E-state index is 11.7. The second-order valence-corrected chi connectivity index (χ2v) is 4.76. The molecule has 2 aliphatic rings. The molecule has 4 heteroatoms. The summed E-state index contributed by atoms with van der Waals surface area (Å²) in [7, 11) is 0. The number of hydrogen-bond donors (Lipinski definition) is 2. The van der Waals surface area contributed by atoms with Crippen molar-refractivity contribution in [3.8, 4) is 0 Å². The molecule has 88 valence electrons. The van der Waals surface area contributed by atoms with Gasteiger partial charge in [0.05, 0.1) is 0 Å². The molecular weight excluding hydrogens is 206 g/mol. The predicted molar refractivity (Wildman–Crippen MR) is 58.8 cm³/mol. The summed E-state index contributed by atoms with van der Waals surface area (Å²) in [6.07, 6.45) is 8.60. The number of rotatable bonds is 4. The van der Waals surface area contributed by atoms with Gasteiger partial charge >= 0.3 is 5.97 Å². The number of carboxylic acid groups (broad SMARTS) is 1. The number of nitrogens with one attached hydrogen (secondary N) is 1. The van der Waals surface area contributed by atoms with E-state index in [0.717, 1.165) is 19.3 Å². The van der Waals surface area contributed by atoms with E-state index < -0.39 is 11.5 Å². The van der Waals surface area contributed by atoms with E-state index in [9.17, 15) is 9.59 Å². The SMILES string of the molecule is O=C(CC1C=CCC1)NC1(C(=O)O)CCC1. The van der Waals surface area contributed by atoms with Crippen molar-refractivity contribution in [2.45, 2.75) is 44.1 Å². The molecule has 1 fully saturated rings. The van der Waals surface area contributed by atoms with Crippen molar-refractivity contribution in [2.24, 2.45) is 5.92 Å². The molecule has 2 rings (SSSR count). The lowest BCUT2D eigenvalue weighted by atomic mass is 9.76. The van der Waals surface area contributed by atoms with Crippen LogP contribution >= 0.6 is 0 Å². The molecule has 1 unspecified atom stereocenters. The molecule has 0 aliphatic heterocycles. The predicted octanol–water partition coefficient (Wildman–Crippen LogP) is 1.47. The highest BCUT2D eigenvalue weighted by atomic mass is 16.4. The highest BCUT2D eigenvalue weighted by Crippen LogP contribution is 2.32. The minimum atomic E-state index is -0.959. The molecule has 0 radical (unpaired) electrons. The van der Waals surface area contributed by atoms with Crippen LogP contribution in [0.2, 0.25) is 0 Å². The summed E-state index contributed by atoms with van der Waals surface area (Å²) in [4.78, 5) is 22.8. The Bertz CT molecular complexity index is 331. The Hall–Kier alpha value is -1.32. The van der Waals surface area contributed by atoms with Crippen LogP contribution in [-0.4, -0.2) is 22.5 Å². The maximum atomic E-state index is 11.7. The van der Waals surface area contributed by atoms with Gasteiger partial charge in [-0.05, 0) is 38.0 Å². The summed E-state index contributed by atoms with van der Waals surface area (Å²) < 4.78 is 0. The summed E-state index contributed by atoms with van der Waals surface area (Å²) in [5.74, 6) is -0.723. The van der Waals surface area contributed by atoms with Crippen LogP contribution in [0.15, 0.2) is 12.2 Å². The van der Waals surface area contributed by atoms with Crippen molar-refractivity contribution in [2.75, 3.05) is 0 Å². The lowest BCUT2D eigenvalue weighted by molar-refractivity contribution is -0.151. The van der Waals surface area contributed by atoms with Crippen molar-refractivity contribution in [1.82, 2.24) is 5.32 Å². The second kappa shape index (κ2) is 4.28. The Kier molecular flexibility index (Phi) is 2.99. The van der Waals surface area contributed by atoms with E-state index in [2.05, 4.69) is 11.4 Å². The molecule has 0 spiro atoms. The molecule has 0 saturated heterocycles. The zero-order valence-corrected chi connectivity index (χ0v) is 9.24. The van der Waals surface area contributed by atoms with Crippen LogP contribution in [0.5, 0.6) is 0 Å². The molecule has 4 nitrogen and oxygen atoms in total. The number of allylic oxidation sites excluding steroid dienone is 2. The fourth-order valence-corrected chi connectivity index (χ4v) is 2.34.